The van der Waals surface area contributed by atoms with Crippen molar-refractivity contribution >= 4 is 23.0 Å². The van der Waals surface area contributed by atoms with Gasteiger partial charge < -0.3 is 20.1 Å². The maximum atomic E-state index is 5.37. The van der Waals surface area contributed by atoms with Gasteiger partial charge in [0.1, 0.15) is 11.5 Å². The van der Waals surface area contributed by atoms with E-state index >= 15 is 0 Å². The minimum atomic E-state index is 0.630. The predicted molar refractivity (Wildman–Crippen MR) is 97.1 cm³/mol. The van der Waals surface area contributed by atoms with Crippen LogP contribution >= 0.6 is 12.2 Å². The highest BCUT2D eigenvalue weighted by atomic mass is 32.1. The van der Waals surface area contributed by atoms with Gasteiger partial charge in [-0.15, -0.1) is 0 Å². The molecule has 5 heteroatoms. The second kappa shape index (κ2) is 10.3. The smallest absolute Gasteiger partial charge is 0.170 e. The summed E-state index contributed by atoms with van der Waals surface area (Å²) >= 11 is 5.37. The maximum absolute atomic E-state index is 5.37. The van der Waals surface area contributed by atoms with Crippen molar-refractivity contribution in [2.75, 3.05) is 26.1 Å². The lowest BCUT2D eigenvalue weighted by Crippen LogP contribution is -2.32. The van der Waals surface area contributed by atoms with Crippen LogP contribution in [0.25, 0.3) is 0 Å². The number of nitrogens with one attached hydrogen (secondary N) is 2. The van der Waals surface area contributed by atoms with Crippen LogP contribution in [0, 0.1) is 5.92 Å². The summed E-state index contributed by atoms with van der Waals surface area (Å²) in [6, 6.07) is 5.62. The molecule has 22 heavy (non-hydrogen) atoms. The molecule has 1 atom stereocenters. The highest BCUT2D eigenvalue weighted by Crippen LogP contribution is 2.25. The Balaban J connectivity index is 2.53. The van der Waals surface area contributed by atoms with Crippen molar-refractivity contribution < 1.29 is 9.47 Å². The summed E-state index contributed by atoms with van der Waals surface area (Å²) in [5.41, 5.74) is 0.857. The zero-order chi connectivity index (χ0) is 16.4. The first-order valence-corrected chi connectivity index (χ1v) is 8.31. The summed E-state index contributed by atoms with van der Waals surface area (Å²) in [7, 11) is 3.27. The molecule has 2 N–H and O–H groups in total. The van der Waals surface area contributed by atoms with E-state index in [2.05, 4.69) is 24.5 Å². The molecule has 0 aliphatic carbocycles. The predicted octanol–water partition coefficient (Wildman–Crippen LogP) is 4.21. The molecule has 1 aromatic carbocycles. The van der Waals surface area contributed by atoms with E-state index in [9.17, 15) is 0 Å². The van der Waals surface area contributed by atoms with Gasteiger partial charge in [-0.2, -0.15) is 0 Å². The number of benzene rings is 1. The summed E-state index contributed by atoms with van der Waals surface area (Å²) in [4.78, 5) is 0. The van der Waals surface area contributed by atoms with Gasteiger partial charge in [-0.3, -0.25) is 0 Å². The molecule has 0 aliphatic rings. The number of ether oxygens (including phenoxy) is 2. The molecule has 0 heterocycles. The Kier molecular flexibility index (Phi) is 8.67. The Morgan fingerprint density at radius 3 is 2.27 bits per heavy atom. The van der Waals surface area contributed by atoms with Gasteiger partial charge in [0.2, 0.25) is 0 Å². The van der Waals surface area contributed by atoms with Gasteiger partial charge in [0.15, 0.2) is 5.11 Å². The van der Waals surface area contributed by atoms with Crippen LogP contribution in [0.4, 0.5) is 5.69 Å². The lowest BCUT2D eigenvalue weighted by atomic mass is 9.99. The van der Waals surface area contributed by atoms with Crippen LogP contribution in [0.3, 0.4) is 0 Å². The third kappa shape index (κ3) is 6.52. The SMILES string of the molecule is CCCC[C@@H](CC)CNC(=S)Nc1cc(OC)cc(OC)c1. The standard InChI is InChI=1S/C17H28N2O2S/c1-5-7-8-13(6-2)12-18-17(22)19-14-9-15(20-3)11-16(10-14)21-4/h9-11,13H,5-8,12H2,1-4H3,(H2,18,19,22)/t13-/m1/s1. The van der Waals surface area contributed by atoms with Crippen LogP contribution in [0.1, 0.15) is 39.5 Å². The van der Waals surface area contributed by atoms with Crippen LogP contribution in [-0.2, 0) is 0 Å². The lowest BCUT2D eigenvalue weighted by molar-refractivity contribution is 0.395. The molecule has 0 bridgehead atoms. The number of thiocarbonyl (C=S) groups is 1. The molecule has 0 saturated heterocycles. The van der Waals surface area contributed by atoms with E-state index in [0.717, 1.165) is 23.7 Å². The number of anilines is 1. The van der Waals surface area contributed by atoms with Gasteiger partial charge >= 0.3 is 0 Å². The zero-order valence-electron chi connectivity index (χ0n) is 14.1. The molecule has 1 aromatic rings. The highest BCUT2D eigenvalue weighted by Gasteiger charge is 2.08. The molecule has 124 valence electrons. The van der Waals surface area contributed by atoms with Crippen molar-refractivity contribution in [3.63, 3.8) is 0 Å². The Hall–Kier alpha value is -1.49. The molecule has 0 saturated carbocycles. The van der Waals surface area contributed by atoms with Crippen molar-refractivity contribution in [1.29, 1.82) is 0 Å². The quantitative estimate of drug-likeness (QED) is 0.666. The summed E-state index contributed by atoms with van der Waals surface area (Å²) < 4.78 is 10.5. The summed E-state index contributed by atoms with van der Waals surface area (Å²) in [6.45, 7) is 5.36. The average molecular weight is 324 g/mol. The Morgan fingerprint density at radius 2 is 1.77 bits per heavy atom. The molecule has 0 aliphatic heterocycles. The summed E-state index contributed by atoms with van der Waals surface area (Å²) in [5, 5.41) is 7.12. The first kappa shape index (κ1) is 18.6. The first-order valence-electron chi connectivity index (χ1n) is 7.90. The number of hydrogen-bond donors (Lipinski definition) is 2. The van der Waals surface area contributed by atoms with Crippen LogP contribution in [0.5, 0.6) is 11.5 Å². The molecule has 0 fully saturated rings. The molecule has 1 rings (SSSR count). The Labute approximate surface area is 139 Å². The molecule has 0 spiro atoms. The highest BCUT2D eigenvalue weighted by molar-refractivity contribution is 7.80. The topological polar surface area (TPSA) is 42.5 Å². The third-order valence-electron chi connectivity index (χ3n) is 3.70. The number of unbranched alkanes of at least 4 members (excludes halogenated alkanes) is 1. The molecular formula is C17H28N2O2S. The van der Waals surface area contributed by atoms with Crippen LogP contribution in [0.15, 0.2) is 18.2 Å². The van der Waals surface area contributed by atoms with Crippen LogP contribution < -0.4 is 20.1 Å². The molecular weight excluding hydrogens is 296 g/mol. The van der Waals surface area contributed by atoms with E-state index in [4.69, 9.17) is 21.7 Å². The van der Waals surface area contributed by atoms with Gasteiger partial charge in [0, 0.05) is 30.4 Å². The second-order valence-electron chi connectivity index (χ2n) is 5.35. The Morgan fingerprint density at radius 1 is 1.14 bits per heavy atom. The van der Waals surface area contributed by atoms with E-state index in [1.807, 2.05) is 18.2 Å². The van der Waals surface area contributed by atoms with Gasteiger partial charge in [-0.1, -0.05) is 33.1 Å². The van der Waals surface area contributed by atoms with Gasteiger partial charge in [0.05, 0.1) is 14.2 Å². The van der Waals surface area contributed by atoms with Crippen molar-refractivity contribution in [1.82, 2.24) is 5.32 Å². The molecule has 0 aromatic heterocycles. The van der Waals surface area contributed by atoms with E-state index in [-0.39, 0.29) is 0 Å². The fourth-order valence-electron chi connectivity index (χ4n) is 2.24. The van der Waals surface area contributed by atoms with Crippen LogP contribution in [-0.4, -0.2) is 25.9 Å². The fraction of sp³-hybridized carbons (Fsp3) is 0.588. The molecule has 0 radical (unpaired) electrons. The summed E-state index contributed by atoms with van der Waals surface area (Å²) in [6.07, 6.45) is 4.93. The lowest BCUT2D eigenvalue weighted by Gasteiger charge is -2.17. The zero-order valence-corrected chi connectivity index (χ0v) is 14.9. The number of hydrogen-bond acceptors (Lipinski definition) is 3. The van der Waals surface area contributed by atoms with Crippen LogP contribution in [0.2, 0.25) is 0 Å². The summed E-state index contributed by atoms with van der Waals surface area (Å²) in [5.74, 6) is 2.14. The molecule has 0 unspecified atom stereocenters. The van der Waals surface area contributed by atoms with E-state index in [1.165, 1.54) is 25.7 Å². The fourth-order valence-corrected chi connectivity index (χ4v) is 2.44. The van der Waals surface area contributed by atoms with E-state index < -0.39 is 0 Å². The normalized spacial score (nSPS) is 11.6. The monoisotopic (exact) mass is 324 g/mol. The average Bonchev–Trinajstić information content (AvgIpc) is 2.54. The molecule has 0 amide bonds. The third-order valence-corrected chi connectivity index (χ3v) is 3.95. The van der Waals surface area contributed by atoms with Crippen molar-refractivity contribution in [2.24, 2.45) is 5.92 Å². The second-order valence-corrected chi connectivity index (χ2v) is 5.76. The largest absolute Gasteiger partial charge is 0.497 e. The number of rotatable bonds is 9. The van der Waals surface area contributed by atoms with Gasteiger partial charge in [0.25, 0.3) is 0 Å². The molecule has 4 nitrogen and oxygen atoms in total. The minimum absolute atomic E-state index is 0.630. The Bertz CT molecular complexity index is 444. The van der Waals surface area contributed by atoms with E-state index in [1.54, 1.807) is 14.2 Å². The van der Waals surface area contributed by atoms with Gasteiger partial charge in [-0.25, -0.2) is 0 Å². The van der Waals surface area contributed by atoms with E-state index in [0.29, 0.717) is 11.0 Å². The maximum Gasteiger partial charge on any atom is 0.170 e. The van der Waals surface area contributed by atoms with Gasteiger partial charge in [-0.05, 0) is 24.6 Å². The van der Waals surface area contributed by atoms with Crippen molar-refractivity contribution in [2.45, 2.75) is 39.5 Å². The van der Waals surface area contributed by atoms with Crippen molar-refractivity contribution in [3.05, 3.63) is 18.2 Å². The van der Waals surface area contributed by atoms with Crippen molar-refractivity contribution in [3.8, 4) is 11.5 Å². The number of methoxy groups -OCH3 is 2. The first-order chi connectivity index (χ1) is 10.6. The minimum Gasteiger partial charge on any atom is -0.497 e.